The molecule has 2 rings (SSSR count). The molecule has 21 heavy (non-hydrogen) atoms. The van der Waals surface area contributed by atoms with Crippen LogP contribution >= 0.6 is 0 Å². The number of nitrogens with one attached hydrogen (secondary N) is 1. The molecular weight excluding hydrogens is 268 g/mol. The van der Waals surface area contributed by atoms with Crippen LogP contribution in [0.4, 0.5) is 0 Å². The molecule has 1 aromatic heterocycles. The van der Waals surface area contributed by atoms with Crippen molar-refractivity contribution in [2.75, 3.05) is 32.8 Å². The molecule has 5 nitrogen and oxygen atoms in total. The van der Waals surface area contributed by atoms with Gasteiger partial charge in [-0.05, 0) is 18.1 Å². The molecular formula is C16H26N2O3. The highest BCUT2D eigenvalue weighted by Gasteiger charge is 2.21. The summed E-state index contributed by atoms with van der Waals surface area (Å²) in [5.74, 6) is 1.56. The number of nitrogens with zero attached hydrogens (tertiary/aromatic N) is 1. The Hall–Kier alpha value is -1.33. The van der Waals surface area contributed by atoms with Crippen LogP contribution in [0.15, 0.2) is 22.8 Å². The van der Waals surface area contributed by atoms with Crippen molar-refractivity contribution >= 4 is 5.91 Å². The van der Waals surface area contributed by atoms with Crippen molar-refractivity contribution in [3.63, 3.8) is 0 Å². The summed E-state index contributed by atoms with van der Waals surface area (Å²) in [6.45, 7) is 8.76. The largest absolute Gasteiger partial charge is 0.469 e. The second kappa shape index (κ2) is 8.20. The maximum absolute atomic E-state index is 11.8. The molecule has 1 aliphatic rings. The summed E-state index contributed by atoms with van der Waals surface area (Å²) in [6.07, 6.45) is 2.83. The fraction of sp³-hybridized carbons (Fsp3) is 0.688. The van der Waals surface area contributed by atoms with Crippen molar-refractivity contribution < 1.29 is 13.9 Å². The molecule has 1 saturated heterocycles. The highest BCUT2D eigenvalue weighted by Crippen LogP contribution is 2.08. The number of aryl methyl sites for hydroxylation is 1. The number of hydrogen-bond acceptors (Lipinski definition) is 4. The van der Waals surface area contributed by atoms with Crippen LogP contribution in [0.3, 0.4) is 0 Å². The number of morpholine rings is 1. The van der Waals surface area contributed by atoms with Crippen LogP contribution in [-0.2, 0) is 16.0 Å². The lowest BCUT2D eigenvalue weighted by Gasteiger charge is -2.33. The molecule has 0 bridgehead atoms. The Bertz CT molecular complexity index is 417. The first-order valence-corrected chi connectivity index (χ1v) is 7.76. The Morgan fingerprint density at radius 1 is 1.52 bits per heavy atom. The highest BCUT2D eigenvalue weighted by atomic mass is 16.5. The van der Waals surface area contributed by atoms with E-state index in [-0.39, 0.29) is 12.0 Å². The molecule has 1 atom stereocenters. The highest BCUT2D eigenvalue weighted by molar-refractivity contribution is 5.76. The second-order valence-electron chi connectivity index (χ2n) is 6.03. The van der Waals surface area contributed by atoms with E-state index in [2.05, 4.69) is 24.1 Å². The van der Waals surface area contributed by atoms with Crippen LogP contribution in [-0.4, -0.2) is 49.7 Å². The van der Waals surface area contributed by atoms with Gasteiger partial charge in [-0.25, -0.2) is 0 Å². The summed E-state index contributed by atoms with van der Waals surface area (Å²) in [5, 5.41) is 2.96. The summed E-state index contributed by atoms with van der Waals surface area (Å²) in [4.78, 5) is 14.2. The molecule has 1 aromatic rings. The van der Waals surface area contributed by atoms with Crippen molar-refractivity contribution in [3.8, 4) is 0 Å². The van der Waals surface area contributed by atoms with Crippen LogP contribution in [0.5, 0.6) is 0 Å². The summed E-state index contributed by atoms with van der Waals surface area (Å²) < 4.78 is 10.9. The van der Waals surface area contributed by atoms with Crippen LogP contribution in [0.25, 0.3) is 0 Å². The SMILES string of the molecule is CC(C)CN1CCOC(CNC(=O)CCc2ccco2)C1. The minimum absolute atomic E-state index is 0.0518. The van der Waals surface area contributed by atoms with Crippen LogP contribution in [0, 0.1) is 5.92 Å². The van der Waals surface area contributed by atoms with E-state index in [4.69, 9.17) is 9.15 Å². The summed E-state index contributed by atoms with van der Waals surface area (Å²) in [7, 11) is 0. The van der Waals surface area contributed by atoms with E-state index in [9.17, 15) is 4.79 Å². The van der Waals surface area contributed by atoms with E-state index < -0.39 is 0 Å². The first kappa shape index (κ1) is 16.0. The van der Waals surface area contributed by atoms with Crippen molar-refractivity contribution in [1.82, 2.24) is 10.2 Å². The van der Waals surface area contributed by atoms with Gasteiger partial charge in [0.25, 0.3) is 0 Å². The third-order valence-corrected chi connectivity index (χ3v) is 3.55. The van der Waals surface area contributed by atoms with E-state index in [0.717, 1.165) is 32.0 Å². The van der Waals surface area contributed by atoms with Gasteiger partial charge in [-0.3, -0.25) is 9.69 Å². The first-order chi connectivity index (χ1) is 10.1. The van der Waals surface area contributed by atoms with Gasteiger partial charge in [0, 0.05) is 39.0 Å². The molecule has 1 aliphatic heterocycles. The first-order valence-electron chi connectivity index (χ1n) is 7.76. The van der Waals surface area contributed by atoms with Gasteiger partial charge in [0.1, 0.15) is 5.76 Å². The molecule has 1 fully saturated rings. The minimum atomic E-state index is 0.0518. The molecule has 1 amide bonds. The number of amides is 1. The number of furan rings is 1. The average molecular weight is 294 g/mol. The summed E-state index contributed by atoms with van der Waals surface area (Å²) in [6, 6.07) is 3.73. The molecule has 2 heterocycles. The van der Waals surface area contributed by atoms with Crippen LogP contribution in [0.2, 0.25) is 0 Å². The fourth-order valence-corrected chi connectivity index (χ4v) is 2.59. The molecule has 1 unspecified atom stereocenters. The lowest BCUT2D eigenvalue weighted by Crippen LogP contribution is -2.48. The summed E-state index contributed by atoms with van der Waals surface area (Å²) in [5.41, 5.74) is 0. The Kier molecular flexibility index (Phi) is 6.26. The minimum Gasteiger partial charge on any atom is -0.469 e. The molecule has 0 saturated carbocycles. The van der Waals surface area contributed by atoms with Gasteiger partial charge in [-0.2, -0.15) is 0 Å². The Morgan fingerprint density at radius 2 is 2.38 bits per heavy atom. The average Bonchev–Trinajstić information content (AvgIpc) is 2.96. The monoisotopic (exact) mass is 294 g/mol. The van der Waals surface area contributed by atoms with Crippen molar-refractivity contribution in [1.29, 1.82) is 0 Å². The van der Waals surface area contributed by atoms with Crippen molar-refractivity contribution in [3.05, 3.63) is 24.2 Å². The Labute approximate surface area is 126 Å². The normalized spacial score (nSPS) is 19.9. The summed E-state index contributed by atoms with van der Waals surface area (Å²) >= 11 is 0. The van der Waals surface area contributed by atoms with Crippen molar-refractivity contribution in [2.24, 2.45) is 5.92 Å². The maximum Gasteiger partial charge on any atom is 0.220 e. The molecule has 118 valence electrons. The molecule has 0 spiro atoms. The van der Waals surface area contributed by atoms with Gasteiger partial charge in [0.15, 0.2) is 0 Å². The lowest BCUT2D eigenvalue weighted by atomic mass is 10.1. The van der Waals surface area contributed by atoms with Crippen LogP contribution in [0.1, 0.15) is 26.0 Å². The molecule has 0 radical (unpaired) electrons. The number of hydrogen-bond donors (Lipinski definition) is 1. The van der Waals surface area contributed by atoms with Gasteiger partial charge in [-0.1, -0.05) is 13.8 Å². The number of carbonyl (C=O) groups excluding carboxylic acids is 1. The molecule has 1 N–H and O–H groups in total. The van der Waals surface area contributed by atoms with Gasteiger partial charge in [0.05, 0.1) is 19.0 Å². The van der Waals surface area contributed by atoms with E-state index in [1.165, 1.54) is 0 Å². The molecule has 0 aromatic carbocycles. The van der Waals surface area contributed by atoms with E-state index in [1.54, 1.807) is 6.26 Å². The lowest BCUT2D eigenvalue weighted by molar-refractivity contribution is -0.122. The quantitative estimate of drug-likeness (QED) is 0.831. The third kappa shape index (κ3) is 5.89. The van der Waals surface area contributed by atoms with Gasteiger partial charge in [0.2, 0.25) is 5.91 Å². The number of ether oxygens (including phenoxy) is 1. The Balaban J connectivity index is 1.63. The molecule has 5 heteroatoms. The van der Waals surface area contributed by atoms with Gasteiger partial charge >= 0.3 is 0 Å². The van der Waals surface area contributed by atoms with E-state index in [1.807, 2.05) is 12.1 Å². The Morgan fingerprint density at radius 3 is 3.10 bits per heavy atom. The second-order valence-corrected chi connectivity index (χ2v) is 6.03. The number of carbonyl (C=O) groups is 1. The predicted octanol–water partition coefficient (Wildman–Crippen LogP) is 1.69. The zero-order valence-corrected chi connectivity index (χ0v) is 13.0. The smallest absolute Gasteiger partial charge is 0.220 e. The molecule has 0 aliphatic carbocycles. The fourth-order valence-electron chi connectivity index (χ4n) is 2.59. The van der Waals surface area contributed by atoms with Crippen LogP contribution < -0.4 is 5.32 Å². The van der Waals surface area contributed by atoms with Gasteiger partial charge < -0.3 is 14.5 Å². The van der Waals surface area contributed by atoms with E-state index in [0.29, 0.717) is 25.3 Å². The number of rotatable bonds is 7. The third-order valence-electron chi connectivity index (χ3n) is 3.55. The van der Waals surface area contributed by atoms with E-state index >= 15 is 0 Å². The van der Waals surface area contributed by atoms with Crippen molar-refractivity contribution in [2.45, 2.75) is 32.8 Å². The standard InChI is InChI=1S/C16H26N2O3/c1-13(2)11-18-7-9-21-15(12-18)10-17-16(19)6-5-14-4-3-8-20-14/h3-4,8,13,15H,5-7,9-12H2,1-2H3,(H,17,19). The van der Waals surface area contributed by atoms with Gasteiger partial charge in [-0.15, -0.1) is 0 Å². The maximum atomic E-state index is 11.8. The predicted molar refractivity (Wildman–Crippen MR) is 81.1 cm³/mol. The topological polar surface area (TPSA) is 54.7 Å². The zero-order valence-electron chi connectivity index (χ0n) is 13.0. The zero-order chi connectivity index (χ0) is 15.1.